The maximum atomic E-state index is 11.3. The zero-order chi connectivity index (χ0) is 10.7. The van der Waals surface area contributed by atoms with Crippen LogP contribution in [0.5, 0.6) is 0 Å². The summed E-state index contributed by atoms with van der Waals surface area (Å²) in [7, 11) is 1.55. The molecule has 4 N–H and O–H groups in total. The number of nitrogens with one attached hydrogen (secondary N) is 1. The standard InChI is InChI=1S/C8H14N4O2/c1-5(4-13)10-6-3-7(14)12(2)8(9)11-6/h3,5,10,13H,4H2,1-2H3,(H2,9,11). The molecule has 1 unspecified atom stereocenters. The van der Waals surface area contributed by atoms with Crippen LogP contribution in [-0.2, 0) is 7.05 Å². The summed E-state index contributed by atoms with van der Waals surface area (Å²) < 4.78 is 1.24. The molecule has 1 heterocycles. The molecule has 1 atom stereocenters. The quantitative estimate of drug-likeness (QED) is 0.588. The number of aromatic nitrogens is 2. The molecule has 0 aliphatic rings. The topological polar surface area (TPSA) is 93.2 Å². The fourth-order valence-electron chi connectivity index (χ4n) is 0.929. The Balaban J connectivity index is 2.96. The molecule has 0 fully saturated rings. The lowest BCUT2D eigenvalue weighted by molar-refractivity contribution is 0.281. The van der Waals surface area contributed by atoms with E-state index in [1.54, 1.807) is 14.0 Å². The fourth-order valence-corrected chi connectivity index (χ4v) is 0.929. The first-order chi connectivity index (χ1) is 6.54. The first-order valence-corrected chi connectivity index (χ1v) is 4.25. The maximum Gasteiger partial charge on any atom is 0.256 e. The van der Waals surface area contributed by atoms with Gasteiger partial charge in [0.15, 0.2) is 0 Å². The predicted molar refractivity (Wildman–Crippen MR) is 54.1 cm³/mol. The molecule has 0 aliphatic heterocycles. The smallest absolute Gasteiger partial charge is 0.256 e. The molecular weight excluding hydrogens is 184 g/mol. The Labute approximate surface area is 81.4 Å². The van der Waals surface area contributed by atoms with E-state index in [0.29, 0.717) is 5.82 Å². The molecule has 0 amide bonds. The highest BCUT2D eigenvalue weighted by Gasteiger charge is 2.04. The van der Waals surface area contributed by atoms with Crippen LogP contribution >= 0.6 is 0 Å². The highest BCUT2D eigenvalue weighted by atomic mass is 16.3. The van der Waals surface area contributed by atoms with Gasteiger partial charge in [0, 0.05) is 19.2 Å². The molecule has 0 spiro atoms. The van der Waals surface area contributed by atoms with Crippen molar-refractivity contribution in [3.63, 3.8) is 0 Å². The number of anilines is 2. The number of rotatable bonds is 3. The molecule has 1 aromatic heterocycles. The van der Waals surface area contributed by atoms with Crippen molar-refractivity contribution in [3.8, 4) is 0 Å². The Morgan fingerprint density at radius 2 is 2.43 bits per heavy atom. The lowest BCUT2D eigenvalue weighted by Gasteiger charge is -2.12. The molecule has 0 bridgehead atoms. The van der Waals surface area contributed by atoms with Gasteiger partial charge in [0.05, 0.1) is 6.61 Å². The van der Waals surface area contributed by atoms with E-state index in [1.807, 2.05) is 0 Å². The van der Waals surface area contributed by atoms with E-state index in [9.17, 15) is 4.79 Å². The van der Waals surface area contributed by atoms with E-state index in [1.165, 1.54) is 10.6 Å². The molecule has 0 aromatic carbocycles. The summed E-state index contributed by atoms with van der Waals surface area (Å²) in [6.45, 7) is 1.74. The zero-order valence-electron chi connectivity index (χ0n) is 8.19. The lowest BCUT2D eigenvalue weighted by Crippen LogP contribution is -2.25. The van der Waals surface area contributed by atoms with Gasteiger partial charge in [0.1, 0.15) is 5.82 Å². The third-order valence-electron chi connectivity index (χ3n) is 1.84. The second-order valence-corrected chi connectivity index (χ2v) is 3.12. The summed E-state index contributed by atoms with van der Waals surface area (Å²) >= 11 is 0. The highest BCUT2D eigenvalue weighted by Crippen LogP contribution is 2.03. The van der Waals surface area contributed by atoms with Crippen LogP contribution in [0.1, 0.15) is 6.92 Å². The molecule has 0 aliphatic carbocycles. The minimum Gasteiger partial charge on any atom is -0.394 e. The highest BCUT2D eigenvalue weighted by molar-refractivity contribution is 5.38. The van der Waals surface area contributed by atoms with Crippen molar-refractivity contribution in [1.82, 2.24) is 9.55 Å². The summed E-state index contributed by atoms with van der Waals surface area (Å²) in [4.78, 5) is 15.2. The van der Waals surface area contributed by atoms with Crippen molar-refractivity contribution >= 4 is 11.8 Å². The van der Waals surface area contributed by atoms with Gasteiger partial charge in [-0.05, 0) is 6.92 Å². The van der Waals surface area contributed by atoms with Gasteiger partial charge in [-0.3, -0.25) is 9.36 Å². The van der Waals surface area contributed by atoms with E-state index in [-0.39, 0.29) is 24.2 Å². The van der Waals surface area contributed by atoms with E-state index in [4.69, 9.17) is 10.8 Å². The molecule has 1 rings (SSSR count). The Kier molecular flexibility index (Phi) is 3.08. The molecule has 78 valence electrons. The molecule has 6 heteroatoms. The average molecular weight is 198 g/mol. The number of nitrogens with two attached hydrogens (primary N) is 1. The number of hydrogen-bond donors (Lipinski definition) is 3. The summed E-state index contributed by atoms with van der Waals surface area (Å²) in [5.74, 6) is 0.525. The minimum atomic E-state index is -0.231. The Morgan fingerprint density at radius 1 is 1.79 bits per heavy atom. The molecular formula is C8H14N4O2. The molecule has 0 saturated heterocycles. The Hall–Kier alpha value is -1.56. The van der Waals surface area contributed by atoms with Gasteiger partial charge in [-0.1, -0.05) is 0 Å². The first kappa shape index (κ1) is 10.5. The van der Waals surface area contributed by atoms with E-state index in [2.05, 4.69) is 10.3 Å². The van der Waals surface area contributed by atoms with Crippen LogP contribution in [0.15, 0.2) is 10.9 Å². The number of aliphatic hydroxyl groups is 1. The van der Waals surface area contributed by atoms with Gasteiger partial charge in [-0.15, -0.1) is 0 Å². The number of nitrogens with zero attached hydrogens (tertiary/aromatic N) is 2. The van der Waals surface area contributed by atoms with Crippen molar-refractivity contribution in [2.45, 2.75) is 13.0 Å². The van der Waals surface area contributed by atoms with Crippen LogP contribution in [0, 0.1) is 0 Å². The molecule has 1 aromatic rings. The van der Waals surface area contributed by atoms with Crippen molar-refractivity contribution in [2.24, 2.45) is 7.05 Å². The van der Waals surface area contributed by atoms with Crippen LogP contribution in [0.25, 0.3) is 0 Å². The molecule has 0 radical (unpaired) electrons. The second-order valence-electron chi connectivity index (χ2n) is 3.12. The third kappa shape index (κ3) is 2.23. The van der Waals surface area contributed by atoms with Gasteiger partial charge in [-0.25, -0.2) is 0 Å². The summed E-state index contributed by atoms with van der Waals surface area (Å²) in [5, 5.41) is 11.6. The van der Waals surface area contributed by atoms with E-state index in [0.717, 1.165) is 0 Å². The molecule has 6 nitrogen and oxygen atoms in total. The van der Waals surface area contributed by atoms with E-state index >= 15 is 0 Å². The van der Waals surface area contributed by atoms with Crippen LogP contribution < -0.4 is 16.6 Å². The summed E-state index contributed by atoms with van der Waals surface area (Å²) in [6, 6.07) is 1.18. The van der Waals surface area contributed by atoms with Gasteiger partial charge in [0.25, 0.3) is 5.56 Å². The minimum absolute atomic E-state index is 0.0310. The van der Waals surface area contributed by atoms with Crippen LogP contribution in [0.3, 0.4) is 0 Å². The van der Waals surface area contributed by atoms with E-state index < -0.39 is 0 Å². The number of aliphatic hydroxyl groups excluding tert-OH is 1. The van der Waals surface area contributed by atoms with Crippen molar-refractivity contribution < 1.29 is 5.11 Å². The number of nitrogen functional groups attached to an aromatic ring is 1. The largest absolute Gasteiger partial charge is 0.394 e. The molecule has 0 saturated carbocycles. The predicted octanol–water partition coefficient (Wildman–Crippen LogP) is -0.845. The monoisotopic (exact) mass is 198 g/mol. The van der Waals surface area contributed by atoms with Crippen LogP contribution in [-0.4, -0.2) is 27.3 Å². The summed E-state index contributed by atoms with van der Waals surface area (Å²) in [5.41, 5.74) is 5.26. The lowest BCUT2D eigenvalue weighted by atomic mass is 10.3. The van der Waals surface area contributed by atoms with Crippen molar-refractivity contribution in [3.05, 3.63) is 16.4 Å². The van der Waals surface area contributed by atoms with Crippen LogP contribution in [0.2, 0.25) is 0 Å². The van der Waals surface area contributed by atoms with Gasteiger partial charge in [0.2, 0.25) is 5.95 Å². The van der Waals surface area contributed by atoms with Gasteiger partial charge < -0.3 is 16.2 Å². The SMILES string of the molecule is CC(CO)Nc1cc(=O)n(C)c(N)n1. The van der Waals surface area contributed by atoms with Crippen LogP contribution in [0.4, 0.5) is 11.8 Å². The number of hydrogen-bond acceptors (Lipinski definition) is 5. The third-order valence-corrected chi connectivity index (χ3v) is 1.84. The fraction of sp³-hybridized carbons (Fsp3) is 0.500. The summed E-state index contributed by atoms with van der Waals surface area (Å²) in [6.07, 6.45) is 0. The maximum absolute atomic E-state index is 11.3. The van der Waals surface area contributed by atoms with Crippen molar-refractivity contribution in [1.29, 1.82) is 0 Å². The Bertz CT molecular complexity index is 374. The second kappa shape index (κ2) is 4.10. The Morgan fingerprint density at radius 3 is 2.93 bits per heavy atom. The average Bonchev–Trinajstić information content (AvgIpc) is 2.14. The van der Waals surface area contributed by atoms with Gasteiger partial charge in [-0.2, -0.15) is 4.98 Å². The van der Waals surface area contributed by atoms with Crippen molar-refractivity contribution in [2.75, 3.05) is 17.7 Å². The first-order valence-electron chi connectivity index (χ1n) is 4.25. The molecule has 14 heavy (non-hydrogen) atoms. The zero-order valence-corrected chi connectivity index (χ0v) is 8.19. The van der Waals surface area contributed by atoms with Gasteiger partial charge >= 0.3 is 0 Å². The normalized spacial score (nSPS) is 12.5.